The molecular weight excluding hydrogens is 332 g/mol. The number of hydrogen-bond donors (Lipinski definition) is 1. The van der Waals surface area contributed by atoms with Crippen LogP contribution in [0.4, 0.5) is 13.2 Å². The lowest BCUT2D eigenvalue weighted by atomic mass is 9.95. The molecule has 0 saturated heterocycles. The van der Waals surface area contributed by atoms with Crippen LogP contribution in [0.2, 0.25) is 0 Å². The predicted octanol–water partition coefficient (Wildman–Crippen LogP) is 4.93. The van der Waals surface area contributed by atoms with Crippen molar-refractivity contribution in [3.8, 4) is 0 Å². The first-order valence-corrected chi connectivity index (χ1v) is 9.08. The van der Waals surface area contributed by atoms with Crippen molar-refractivity contribution in [1.82, 2.24) is 0 Å². The molecule has 1 saturated carbocycles. The zero-order chi connectivity index (χ0) is 16.9. The number of phosphoric ester groups is 1. The van der Waals surface area contributed by atoms with E-state index in [1.54, 1.807) is 0 Å². The Labute approximate surface area is 133 Å². The summed E-state index contributed by atoms with van der Waals surface area (Å²) in [5.41, 5.74) is 2.33. The fourth-order valence-electron chi connectivity index (χ4n) is 2.88. The van der Waals surface area contributed by atoms with Crippen LogP contribution in [0.3, 0.4) is 0 Å². The first-order chi connectivity index (χ1) is 10.8. The summed E-state index contributed by atoms with van der Waals surface area (Å²) in [4.78, 5) is 8.93. The summed E-state index contributed by atoms with van der Waals surface area (Å²) < 4.78 is 54.1. The maximum atomic E-state index is 11.9. The maximum Gasteiger partial charge on any atom is 0.531 e. The van der Waals surface area contributed by atoms with Gasteiger partial charge in [0, 0.05) is 0 Å². The third kappa shape index (κ3) is 6.63. The maximum absolute atomic E-state index is 11.9. The minimum Gasteiger partial charge on any atom is -0.302 e. The van der Waals surface area contributed by atoms with E-state index in [-0.39, 0.29) is 6.61 Å². The number of aryl methyl sites for hydroxylation is 1. The smallest absolute Gasteiger partial charge is 0.302 e. The lowest BCUT2D eigenvalue weighted by Crippen LogP contribution is -2.12. The average Bonchev–Trinajstić information content (AvgIpc) is 2.95. The summed E-state index contributed by atoms with van der Waals surface area (Å²) in [5.74, 6) is 0.587. The summed E-state index contributed by atoms with van der Waals surface area (Å²) in [6.07, 6.45) is 0.567. The zero-order valence-corrected chi connectivity index (χ0v) is 13.5. The van der Waals surface area contributed by atoms with E-state index in [2.05, 4.69) is 21.2 Å². The van der Waals surface area contributed by atoms with E-state index in [4.69, 9.17) is 4.89 Å². The van der Waals surface area contributed by atoms with Crippen LogP contribution in [0.15, 0.2) is 24.3 Å². The van der Waals surface area contributed by atoms with Gasteiger partial charge in [-0.05, 0) is 42.7 Å². The Morgan fingerprint density at radius 1 is 1.26 bits per heavy atom. The number of alkyl halides is 3. The molecule has 4 nitrogen and oxygen atoms in total. The van der Waals surface area contributed by atoms with Crippen LogP contribution in [0.5, 0.6) is 0 Å². The molecule has 23 heavy (non-hydrogen) atoms. The van der Waals surface area contributed by atoms with Gasteiger partial charge in [0.1, 0.15) is 0 Å². The molecule has 1 aromatic rings. The van der Waals surface area contributed by atoms with Gasteiger partial charge in [0.05, 0.1) is 6.61 Å². The van der Waals surface area contributed by atoms with E-state index in [1.165, 1.54) is 31.2 Å². The summed E-state index contributed by atoms with van der Waals surface area (Å²) in [5, 5.41) is 0. The quantitative estimate of drug-likeness (QED) is 0.558. The molecule has 0 radical (unpaired) electrons. The molecular formula is C15H20F3O4P. The van der Waals surface area contributed by atoms with Gasteiger partial charge in [-0.1, -0.05) is 37.1 Å². The number of rotatable bonds is 7. The first-order valence-electron chi connectivity index (χ1n) is 7.59. The predicted molar refractivity (Wildman–Crippen MR) is 78.9 cm³/mol. The third-order valence-corrected chi connectivity index (χ3v) is 4.81. The molecule has 1 atom stereocenters. The van der Waals surface area contributed by atoms with E-state index >= 15 is 0 Å². The Morgan fingerprint density at radius 2 is 1.96 bits per heavy atom. The van der Waals surface area contributed by atoms with Crippen LogP contribution in [-0.4, -0.2) is 17.9 Å². The van der Waals surface area contributed by atoms with Gasteiger partial charge in [-0.25, -0.2) is 4.57 Å². The second kappa shape index (κ2) is 7.79. The van der Waals surface area contributed by atoms with Gasteiger partial charge < -0.3 is 4.89 Å². The van der Waals surface area contributed by atoms with Crippen molar-refractivity contribution >= 4 is 7.82 Å². The molecule has 130 valence electrons. The van der Waals surface area contributed by atoms with Crippen LogP contribution in [0.25, 0.3) is 0 Å². The molecule has 0 heterocycles. The summed E-state index contributed by atoms with van der Waals surface area (Å²) >= 11 is 0. The van der Waals surface area contributed by atoms with Gasteiger partial charge in [-0.2, -0.15) is 4.52 Å². The van der Waals surface area contributed by atoms with Crippen LogP contribution < -0.4 is 0 Å². The summed E-state index contributed by atoms with van der Waals surface area (Å²) in [6.45, 7) is -0.280. The molecule has 1 N–H and O–H groups in total. The molecule has 0 aliphatic heterocycles. The highest BCUT2D eigenvalue weighted by Crippen LogP contribution is 2.48. The Bertz CT molecular complexity index is 556. The van der Waals surface area contributed by atoms with Crippen LogP contribution >= 0.6 is 7.82 Å². The Hall–Kier alpha value is -0.880. The first kappa shape index (κ1) is 18.5. The lowest BCUT2D eigenvalue weighted by molar-refractivity contribution is -0.282. The van der Waals surface area contributed by atoms with Gasteiger partial charge in [-0.15, -0.1) is 13.2 Å². The van der Waals surface area contributed by atoms with Crippen LogP contribution in [0, 0.1) is 0 Å². The molecule has 0 aromatic heterocycles. The Morgan fingerprint density at radius 3 is 2.61 bits per heavy atom. The summed E-state index contributed by atoms with van der Waals surface area (Å²) in [7, 11) is -5.09. The Kier molecular flexibility index (Phi) is 6.26. The van der Waals surface area contributed by atoms with Gasteiger partial charge in [0.2, 0.25) is 0 Å². The number of halogens is 3. The molecule has 8 heteroatoms. The van der Waals surface area contributed by atoms with E-state index in [1.807, 2.05) is 12.1 Å². The normalized spacial score (nSPS) is 19.0. The van der Waals surface area contributed by atoms with Crippen molar-refractivity contribution in [3.63, 3.8) is 0 Å². The third-order valence-electron chi connectivity index (χ3n) is 3.86. The van der Waals surface area contributed by atoms with Crippen LogP contribution in [0.1, 0.15) is 49.1 Å². The molecule has 1 unspecified atom stereocenters. The monoisotopic (exact) mass is 352 g/mol. The SMILES string of the molecule is O=P(O)(OCCCc1cccc(C2CCCC2)c1)OC(F)(F)F. The minimum absolute atomic E-state index is 0.280. The van der Waals surface area contributed by atoms with Crippen molar-refractivity contribution in [3.05, 3.63) is 35.4 Å². The molecule has 1 aliphatic rings. The fourth-order valence-corrected chi connectivity index (χ4v) is 3.55. The Balaban J connectivity index is 1.78. The van der Waals surface area contributed by atoms with E-state index in [0.717, 1.165) is 5.56 Å². The molecule has 0 bridgehead atoms. The molecule has 1 fully saturated rings. The van der Waals surface area contributed by atoms with E-state index in [9.17, 15) is 17.7 Å². The fraction of sp³-hybridized carbons (Fsp3) is 0.600. The van der Waals surface area contributed by atoms with Gasteiger partial charge >= 0.3 is 14.2 Å². The highest BCUT2D eigenvalue weighted by molar-refractivity contribution is 7.47. The van der Waals surface area contributed by atoms with Gasteiger partial charge in [0.15, 0.2) is 0 Å². The molecule has 1 aromatic carbocycles. The second-order valence-corrected chi connectivity index (χ2v) is 7.05. The number of phosphoric acid groups is 1. The van der Waals surface area contributed by atoms with Crippen molar-refractivity contribution in [2.75, 3.05) is 6.61 Å². The molecule has 0 amide bonds. The second-order valence-electron chi connectivity index (χ2n) is 5.67. The topological polar surface area (TPSA) is 55.8 Å². The van der Waals surface area contributed by atoms with Gasteiger partial charge in [0.25, 0.3) is 0 Å². The minimum atomic E-state index is -5.19. The average molecular weight is 352 g/mol. The number of benzene rings is 1. The van der Waals surface area contributed by atoms with E-state index in [0.29, 0.717) is 18.8 Å². The molecule has 2 rings (SSSR count). The van der Waals surface area contributed by atoms with Gasteiger partial charge in [-0.3, -0.25) is 4.52 Å². The highest BCUT2D eigenvalue weighted by atomic mass is 31.2. The van der Waals surface area contributed by atoms with E-state index < -0.39 is 14.2 Å². The zero-order valence-electron chi connectivity index (χ0n) is 12.6. The highest BCUT2D eigenvalue weighted by Gasteiger charge is 2.40. The number of hydrogen-bond acceptors (Lipinski definition) is 3. The van der Waals surface area contributed by atoms with Crippen molar-refractivity contribution in [1.29, 1.82) is 0 Å². The van der Waals surface area contributed by atoms with Crippen molar-refractivity contribution in [2.24, 2.45) is 0 Å². The van der Waals surface area contributed by atoms with Crippen molar-refractivity contribution in [2.45, 2.75) is 50.8 Å². The largest absolute Gasteiger partial charge is 0.531 e. The van der Waals surface area contributed by atoms with Crippen LogP contribution in [-0.2, 0) is 20.0 Å². The standard InChI is InChI=1S/C15H20F3O4P/c16-15(17,18)22-23(19,20)21-10-4-6-12-5-3-9-14(11-12)13-7-1-2-8-13/h3,5,9,11,13H,1-2,4,6-8,10H2,(H,19,20). The molecule has 1 aliphatic carbocycles. The summed E-state index contributed by atoms with van der Waals surface area (Å²) in [6, 6.07) is 8.09. The molecule has 0 spiro atoms. The van der Waals surface area contributed by atoms with Crippen molar-refractivity contribution < 1.29 is 31.7 Å². The lowest BCUT2D eigenvalue weighted by Gasteiger charge is -2.14.